The second kappa shape index (κ2) is 9.56. The average molecular weight is 454 g/mol. The minimum atomic E-state index is -4.16. The minimum Gasteiger partial charge on any atom is -0.345 e. The van der Waals surface area contributed by atoms with Crippen LogP contribution in [-0.2, 0) is 40.0 Å². The fraction of sp³-hybridized carbons (Fsp3) is 0.500. The lowest BCUT2D eigenvalue weighted by Crippen LogP contribution is -2.60. The highest BCUT2D eigenvalue weighted by Gasteiger charge is 2.55. The van der Waals surface area contributed by atoms with Gasteiger partial charge in [0.05, 0.1) is 12.7 Å². The monoisotopic (exact) mass is 453 g/mol. The van der Waals surface area contributed by atoms with E-state index >= 15 is 0 Å². The summed E-state index contributed by atoms with van der Waals surface area (Å²) in [4.78, 5) is 50.2. The van der Waals surface area contributed by atoms with Gasteiger partial charge in [-0.1, -0.05) is 44.2 Å². The van der Waals surface area contributed by atoms with Gasteiger partial charge in [0, 0.05) is 13.3 Å². The molecule has 1 aromatic rings. The molecule has 0 bridgehead atoms. The van der Waals surface area contributed by atoms with Crippen LogP contribution in [0.4, 0.5) is 0 Å². The van der Waals surface area contributed by atoms with Crippen molar-refractivity contribution in [1.29, 1.82) is 0 Å². The van der Waals surface area contributed by atoms with E-state index in [0.29, 0.717) is 18.2 Å². The summed E-state index contributed by atoms with van der Waals surface area (Å²) in [6, 6.07) is 7.73. The first kappa shape index (κ1) is 24.5. The molecule has 4 amide bonds. The number of rotatable bonds is 9. The van der Waals surface area contributed by atoms with Crippen molar-refractivity contribution >= 4 is 33.7 Å². The molecule has 170 valence electrons. The van der Waals surface area contributed by atoms with Gasteiger partial charge in [0.15, 0.2) is 0 Å². The van der Waals surface area contributed by atoms with Crippen molar-refractivity contribution in [1.82, 2.24) is 15.7 Å². The molecule has 0 unspecified atom stereocenters. The van der Waals surface area contributed by atoms with Crippen LogP contribution in [0.2, 0.25) is 0 Å². The topological polar surface area (TPSA) is 139 Å². The Morgan fingerprint density at radius 1 is 1.19 bits per heavy atom. The van der Waals surface area contributed by atoms with Gasteiger partial charge >= 0.3 is 0 Å². The Balaban J connectivity index is 2.41. The number of benzene rings is 1. The Labute approximate surface area is 181 Å². The van der Waals surface area contributed by atoms with Gasteiger partial charge in [-0.2, -0.15) is 8.42 Å². The standard InChI is InChI=1S/C20H27N3O7S/c1-13(2)10-16(21-14(3)24)18(26)22-20(11-15-8-6-5-7-9-15)12-17(25)23(19(20)27)30-31(4,28)29/h5-9,13,16H,10-12H2,1-4H3,(H,21,24)(H,22,26)/t16-,20+/m1/s1. The molecule has 11 heteroatoms. The van der Waals surface area contributed by atoms with Crippen molar-refractivity contribution in [3.8, 4) is 0 Å². The van der Waals surface area contributed by atoms with Gasteiger partial charge < -0.3 is 10.6 Å². The van der Waals surface area contributed by atoms with E-state index in [1.54, 1.807) is 30.3 Å². The molecule has 0 aliphatic carbocycles. The third-order valence-corrected chi connectivity index (χ3v) is 5.02. The summed E-state index contributed by atoms with van der Waals surface area (Å²) < 4.78 is 27.6. The van der Waals surface area contributed by atoms with Gasteiger partial charge in [0.25, 0.3) is 21.9 Å². The van der Waals surface area contributed by atoms with Crippen LogP contribution in [-0.4, -0.2) is 54.9 Å². The molecule has 2 rings (SSSR count). The van der Waals surface area contributed by atoms with E-state index < -0.39 is 51.7 Å². The molecule has 0 radical (unpaired) electrons. The molecule has 1 fully saturated rings. The molecule has 2 atom stereocenters. The lowest BCUT2D eigenvalue weighted by atomic mass is 9.88. The Bertz CT molecular complexity index is 962. The molecule has 0 saturated carbocycles. The third kappa shape index (κ3) is 6.59. The Hall–Kier alpha value is -2.79. The number of hydrogen-bond donors (Lipinski definition) is 2. The normalized spacial score (nSPS) is 20.1. The number of nitrogens with zero attached hydrogens (tertiary/aromatic N) is 1. The van der Waals surface area contributed by atoms with Gasteiger partial charge in [-0.25, -0.2) is 0 Å². The number of carbonyl (C=O) groups excluding carboxylic acids is 4. The van der Waals surface area contributed by atoms with Crippen molar-refractivity contribution in [3.63, 3.8) is 0 Å². The predicted molar refractivity (Wildman–Crippen MR) is 110 cm³/mol. The fourth-order valence-corrected chi connectivity index (χ4v) is 3.84. The van der Waals surface area contributed by atoms with E-state index in [-0.39, 0.29) is 17.4 Å². The van der Waals surface area contributed by atoms with Gasteiger partial charge in [0.1, 0.15) is 11.6 Å². The first-order valence-corrected chi connectivity index (χ1v) is 11.5. The molecule has 1 heterocycles. The van der Waals surface area contributed by atoms with Gasteiger partial charge in [0.2, 0.25) is 11.8 Å². The lowest BCUT2D eigenvalue weighted by Gasteiger charge is -2.30. The quantitative estimate of drug-likeness (QED) is 0.512. The van der Waals surface area contributed by atoms with Crippen LogP contribution >= 0.6 is 0 Å². The number of amides is 4. The fourth-order valence-electron chi connectivity index (χ4n) is 3.42. The van der Waals surface area contributed by atoms with Crippen LogP contribution in [0.25, 0.3) is 0 Å². The van der Waals surface area contributed by atoms with E-state index in [1.165, 1.54) is 6.92 Å². The molecule has 10 nitrogen and oxygen atoms in total. The molecule has 0 spiro atoms. The van der Waals surface area contributed by atoms with Crippen molar-refractivity contribution in [2.24, 2.45) is 5.92 Å². The van der Waals surface area contributed by atoms with Crippen LogP contribution in [0, 0.1) is 5.92 Å². The van der Waals surface area contributed by atoms with Crippen LogP contribution in [0.3, 0.4) is 0 Å². The highest BCUT2D eigenvalue weighted by molar-refractivity contribution is 7.85. The minimum absolute atomic E-state index is 0.0543. The highest BCUT2D eigenvalue weighted by Crippen LogP contribution is 2.30. The lowest BCUT2D eigenvalue weighted by molar-refractivity contribution is -0.166. The average Bonchev–Trinajstić information content (AvgIpc) is 2.84. The smallest absolute Gasteiger partial charge is 0.285 e. The molecule has 1 saturated heterocycles. The number of carbonyl (C=O) groups is 4. The summed E-state index contributed by atoms with van der Waals surface area (Å²) in [6.07, 6.45) is 0.454. The van der Waals surface area contributed by atoms with E-state index in [2.05, 4.69) is 14.9 Å². The zero-order valence-corrected chi connectivity index (χ0v) is 18.7. The summed E-state index contributed by atoms with van der Waals surface area (Å²) in [5, 5.41) is 5.34. The SMILES string of the molecule is CC(=O)N[C@H](CC(C)C)C(=O)N[C@@]1(Cc2ccccc2)CC(=O)N(OS(C)(=O)=O)C1=O. The molecule has 0 aromatic heterocycles. The number of nitrogens with one attached hydrogen (secondary N) is 2. The highest BCUT2D eigenvalue weighted by atomic mass is 32.2. The van der Waals surface area contributed by atoms with Crippen molar-refractivity contribution < 1.29 is 31.9 Å². The van der Waals surface area contributed by atoms with Crippen LogP contribution in [0.1, 0.15) is 39.2 Å². The van der Waals surface area contributed by atoms with Crippen molar-refractivity contribution in [3.05, 3.63) is 35.9 Å². The second-order valence-electron chi connectivity index (χ2n) is 8.07. The number of hydrogen-bond acceptors (Lipinski definition) is 7. The molecule has 2 N–H and O–H groups in total. The van der Waals surface area contributed by atoms with Crippen LogP contribution in [0.5, 0.6) is 0 Å². The first-order valence-electron chi connectivity index (χ1n) is 9.73. The zero-order valence-electron chi connectivity index (χ0n) is 17.9. The van der Waals surface area contributed by atoms with Gasteiger partial charge in [-0.05, 0) is 17.9 Å². The molecule has 1 aliphatic heterocycles. The maximum Gasteiger partial charge on any atom is 0.285 e. The van der Waals surface area contributed by atoms with E-state index in [1.807, 2.05) is 13.8 Å². The number of imide groups is 1. The van der Waals surface area contributed by atoms with Crippen LogP contribution < -0.4 is 10.6 Å². The third-order valence-electron chi connectivity index (χ3n) is 4.60. The maximum atomic E-state index is 13.1. The molecule has 31 heavy (non-hydrogen) atoms. The van der Waals surface area contributed by atoms with Gasteiger partial charge in [-0.3, -0.25) is 19.2 Å². The summed E-state index contributed by atoms with van der Waals surface area (Å²) in [5.74, 6) is -2.91. The Morgan fingerprint density at radius 3 is 2.32 bits per heavy atom. The second-order valence-corrected chi connectivity index (χ2v) is 9.62. The Morgan fingerprint density at radius 2 is 1.81 bits per heavy atom. The summed E-state index contributed by atoms with van der Waals surface area (Å²) in [6.45, 7) is 5.01. The maximum absolute atomic E-state index is 13.1. The first-order chi connectivity index (χ1) is 14.3. The van der Waals surface area contributed by atoms with E-state index in [0.717, 1.165) is 0 Å². The van der Waals surface area contributed by atoms with Crippen molar-refractivity contribution in [2.75, 3.05) is 6.26 Å². The molecular weight excluding hydrogens is 426 g/mol. The number of hydroxylamine groups is 2. The van der Waals surface area contributed by atoms with E-state index in [9.17, 15) is 27.6 Å². The van der Waals surface area contributed by atoms with E-state index in [4.69, 9.17) is 0 Å². The molecule has 1 aliphatic rings. The zero-order chi connectivity index (χ0) is 23.4. The predicted octanol–water partition coefficient (Wildman–Crippen LogP) is 0.285. The van der Waals surface area contributed by atoms with Crippen LogP contribution in [0.15, 0.2) is 30.3 Å². The summed E-state index contributed by atoms with van der Waals surface area (Å²) in [5.41, 5.74) is -1.11. The van der Waals surface area contributed by atoms with Gasteiger partial charge in [-0.15, -0.1) is 9.35 Å². The summed E-state index contributed by atoms with van der Waals surface area (Å²) in [7, 11) is -4.16. The Kier molecular flexibility index (Phi) is 7.55. The largest absolute Gasteiger partial charge is 0.345 e. The summed E-state index contributed by atoms with van der Waals surface area (Å²) >= 11 is 0. The molecular formula is C20H27N3O7S. The molecule has 1 aromatic carbocycles. The van der Waals surface area contributed by atoms with Crippen molar-refractivity contribution in [2.45, 2.75) is 51.6 Å².